The van der Waals surface area contributed by atoms with Crippen LogP contribution in [0.25, 0.3) is 0 Å². The smallest absolute Gasteiger partial charge is 0.248 e. The van der Waals surface area contributed by atoms with E-state index in [2.05, 4.69) is 10.9 Å². The second kappa shape index (κ2) is 9.03. The van der Waals surface area contributed by atoms with Crippen molar-refractivity contribution in [3.63, 3.8) is 0 Å². The Hall–Kier alpha value is -2.61. The molecule has 2 rings (SSSR count). The highest BCUT2D eigenvalue weighted by Crippen LogP contribution is 2.20. The fourth-order valence-corrected chi connectivity index (χ4v) is 2.67. The van der Waals surface area contributed by atoms with Gasteiger partial charge in [0, 0.05) is 4.90 Å². The Balaban J connectivity index is 1.76. The van der Waals surface area contributed by atoms with E-state index in [0.29, 0.717) is 10.5 Å². The van der Waals surface area contributed by atoms with E-state index >= 15 is 0 Å². The Morgan fingerprint density at radius 1 is 1.04 bits per heavy atom. The summed E-state index contributed by atoms with van der Waals surface area (Å²) in [4.78, 5) is 23.8. The van der Waals surface area contributed by atoms with E-state index in [4.69, 9.17) is 4.74 Å². The number of hydrazine groups is 1. The number of hydrogen-bond acceptors (Lipinski definition) is 4. The summed E-state index contributed by atoms with van der Waals surface area (Å²) in [5, 5.41) is 0. The second-order valence-electron chi connectivity index (χ2n) is 4.96. The number of ether oxygens (including phenoxy) is 1. The van der Waals surface area contributed by atoms with Crippen molar-refractivity contribution in [1.82, 2.24) is 10.9 Å². The van der Waals surface area contributed by atoms with Crippen molar-refractivity contribution in [2.24, 2.45) is 0 Å². The molecule has 0 aliphatic heterocycles. The fourth-order valence-electron chi connectivity index (χ4n) is 1.93. The molecule has 0 heterocycles. The maximum atomic E-state index is 13.5. The maximum absolute atomic E-state index is 13.5. The van der Waals surface area contributed by atoms with Gasteiger partial charge < -0.3 is 4.74 Å². The van der Waals surface area contributed by atoms with E-state index in [1.54, 1.807) is 24.3 Å². The van der Waals surface area contributed by atoms with Gasteiger partial charge in [-0.15, -0.1) is 11.8 Å². The number of carbonyl (C=O) groups is 2. The normalized spacial score (nSPS) is 10.2. The Morgan fingerprint density at radius 3 is 2.44 bits per heavy atom. The van der Waals surface area contributed by atoms with Gasteiger partial charge in [0.1, 0.15) is 5.82 Å². The van der Waals surface area contributed by atoms with Gasteiger partial charge in [0.25, 0.3) is 0 Å². The molecule has 0 fully saturated rings. The minimum atomic E-state index is -0.571. The minimum Gasteiger partial charge on any atom is -0.494 e. The molecule has 0 unspecified atom stereocenters. The highest BCUT2D eigenvalue weighted by molar-refractivity contribution is 8.00. The number of rotatable bonds is 6. The van der Waals surface area contributed by atoms with Gasteiger partial charge in [0.2, 0.25) is 11.8 Å². The molecule has 0 aromatic heterocycles. The van der Waals surface area contributed by atoms with Crippen LogP contribution in [-0.4, -0.2) is 24.7 Å². The number of methoxy groups -OCH3 is 1. The van der Waals surface area contributed by atoms with E-state index in [0.717, 1.165) is 11.8 Å². The fraction of sp³-hybridized carbons (Fsp3) is 0.176. The van der Waals surface area contributed by atoms with Crippen molar-refractivity contribution >= 4 is 23.6 Å². The first-order chi connectivity index (χ1) is 12.0. The molecule has 8 heteroatoms. The molecule has 132 valence electrons. The molecule has 0 aliphatic rings. The monoisotopic (exact) mass is 366 g/mol. The third kappa shape index (κ3) is 5.75. The number of hydrogen-bond donors (Lipinski definition) is 2. The summed E-state index contributed by atoms with van der Waals surface area (Å²) < 4.78 is 31.8. The number of thioether (sulfide) groups is 1. The predicted molar refractivity (Wildman–Crippen MR) is 90.1 cm³/mol. The molecule has 0 saturated carbocycles. The van der Waals surface area contributed by atoms with Crippen molar-refractivity contribution in [3.05, 3.63) is 59.7 Å². The molecule has 0 bridgehead atoms. The maximum Gasteiger partial charge on any atom is 0.248 e. The first kappa shape index (κ1) is 18.7. The van der Waals surface area contributed by atoms with Gasteiger partial charge in [-0.3, -0.25) is 20.4 Å². The molecule has 2 aromatic rings. The molecule has 5 nitrogen and oxygen atoms in total. The van der Waals surface area contributed by atoms with Crippen molar-refractivity contribution < 1.29 is 23.1 Å². The molecule has 25 heavy (non-hydrogen) atoms. The van der Waals surface area contributed by atoms with E-state index in [9.17, 15) is 18.4 Å². The predicted octanol–water partition coefficient (Wildman–Crippen LogP) is 2.46. The largest absolute Gasteiger partial charge is 0.494 e. The van der Waals surface area contributed by atoms with Gasteiger partial charge in [-0.05, 0) is 29.8 Å². The van der Waals surface area contributed by atoms with E-state index in [1.807, 2.05) is 0 Å². The van der Waals surface area contributed by atoms with Crippen molar-refractivity contribution in [3.8, 4) is 5.75 Å². The SMILES string of the molecule is COc1ccc(CC(=O)NNC(=O)CSc2ccccc2F)cc1F. The number of benzene rings is 2. The standard InChI is InChI=1S/C17H16F2N2O3S/c1-24-14-7-6-11(8-13(14)19)9-16(22)20-21-17(23)10-25-15-5-3-2-4-12(15)18/h2-8H,9-10H2,1H3,(H,20,22)(H,21,23). The average Bonchev–Trinajstić information content (AvgIpc) is 2.59. The summed E-state index contributed by atoms with van der Waals surface area (Å²) in [7, 11) is 1.35. The quantitative estimate of drug-likeness (QED) is 0.609. The van der Waals surface area contributed by atoms with Crippen molar-refractivity contribution in [2.45, 2.75) is 11.3 Å². The van der Waals surface area contributed by atoms with E-state index < -0.39 is 23.4 Å². The van der Waals surface area contributed by atoms with Crippen LogP contribution in [-0.2, 0) is 16.0 Å². The van der Waals surface area contributed by atoms with Crippen LogP contribution < -0.4 is 15.6 Å². The summed E-state index contributed by atoms with van der Waals surface area (Å²) in [5.41, 5.74) is 4.90. The molecule has 0 saturated heterocycles. The third-order valence-corrected chi connectivity index (χ3v) is 4.17. The van der Waals surface area contributed by atoms with Crippen LogP contribution in [0.4, 0.5) is 8.78 Å². The van der Waals surface area contributed by atoms with Gasteiger partial charge >= 0.3 is 0 Å². The lowest BCUT2D eigenvalue weighted by Gasteiger charge is -2.08. The molecule has 0 radical (unpaired) electrons. The summed E-state index contributed by atoms with van der Waals surface area (Å²) in [6, 6.07) is 10.2. The van der Waals surface area contributed by atoms with Gasteiger partial charge in [-0.25, -0.2) is 8.78 Å². The Kier molecular flexibility index (Phi) is 6.76. The third-order valence-electron chi connectivity index (χ3n) is 3.12. The van der Waals surface area contributed by atoms with Crippen LogP contribution in [0, 0.1) is 11.6 Å². The number of amides is 2. The Morgan fingerprint density at radius 2 is 1.76 bits per heavy atom. The Bertz CT molecular complexity index is 771. The molecular weight excluding hydrogens is 350 g/mol. The zero-order chi connectivity index (χ0) is 18.2. The molecule has 2 aromatic carbocycles. The van der Waals surface area contributed by atoms with E-state index in [1.165, 1.54) is 25.3 Å². The highest BCUT2D eigenvalue weighted by atomic mass is 32.2. The van der Waals surface area contributed by atoms with Crippen molar-refractivity contribution in [1.29, 1.82) is 0 Å². The van der Waals surface area contributed by atoms with Crippen LogP contribution in [0.3, 0.4) is 0 Å². The number of nitrogens with one attached hydrogen (secondary N) is 2. The van der Waals surface area contributed by atoms with Crippen LogP contribution in [0.15, 0.2) is 47.4 Å². The van der Waals surface area contributed by atoms with Crippen LogP contribution in [0.1, 0.15) is 5.56 Å². The summed E-state index contributed by atoms with van der Waals surface area (Å²) in [6.07, 6.45) is -0.109. The van der Waals surface area contributed by atoms with Gasteiger partial charge in [0.15, 0.2) is 11.6 Å². The molecule has 0 aliphatic carbocycles. The molecule has 2 N–H and O–H groups in total. The Labute approximate surface area is 147 Å². The molecule has 2 amide bonds. The van der Waals surface area contributed by atoms with Gasteiger partial charge in [0.05, 0.1) is 19.3 Å². The zero-order valence-electron chi connectivity index (χ0n) is 13.3. The first-order valence-corrected chi connectivity index (χ1v) is 8.25. The zero-order valence-corrected chi connectivity index (χ0v) is 14.2. The van der Waals surface area contributed by atoms with Crippen LogP contribution in [0.5, 0.6) is 5.75 Å². The number of carbonyl (C=O) groups excluding carboxylic acids is 2. The molecule has 0 spiro atoms. The molecule has 0 atom stereocenters. The van der Waals surface area contributed by atoms with Crippen molar-refractivity contribution in [2.75, 3.05) is 12.9 Å². The van der Waals surface area contributed by atoms with Crippen LogP contribution in [0.2, 0.25) is 0 Å². The highest BCUT2D eigenvalue weighted by Gasteiger charge is 2.10. The van der Waals surface area contributed by atoms with Crippen LogP contribution >= 0.6 is 11.8 Å². The second-order valence-corrected chi connectivity index (χ2v) is 5.98. The lowest BCUT2D eigenvalue weighted by atomic mass is 10.1. The average molecular weight is 366 g/mol. The topological polar surface area (TPSA) is 67.4 Å². The van der Waals surface area contributed by atoms with E-state index in [-0.39, 0.29) is 17.9 Å². The lowest BCUT2D eigenvalue weighted by Crippen LogP contribution is -2.43. The minimum absolute atomic E-state index is 0.0572. The number of halogens is 2. The summed E-state index contributed by atoms with van der Waals surface area (Å²) in [5.74, 6) is -1.94. The summed E-state index contributed by atoms with van der Waals surface area (Å²) in [6.45, 7) is 0. The lowest BCUT2D eigenvalue weighted by molar-refractivity contribution is -0.127. The first-order valence-electron chi connectivity index (χ1n) is 7.27. The summed E-state index contributed by atoms with van der Waals surface area (Å²) >= 11 is 1.02. The van der Waals surface area contributed by atoms with Gasteiger partial charge in [-0.1, -0.05) is 18.2 Å². The van der Waals surface area contributed by atoms with Gasteiger partial charge in [-0.2, -0.15) is 0 Å². The molecular formula is C17H16F2N2O3S.